The second-order valence-corrected chi connectivity index (χ2v) is 2.90. The van der Waals surface area contributed by atoms with E-state index in [-0.39, 0.29) is 0 Å². The zero-order chi connectivity index (χ0) is 11.3. The first-order chi connectivity index (χ1) is 7.09. The number of carboxylic acid groups (broad SMARTS) is 1. The standard InChI is InChI=1S/C9H11N3O3/c1-6(8(13)14)11-9(15)12-7-3-2-4-10-5-7/h2-6H,1H3,(H,13,14)(H2,11,12,15)/t6-/m0/s1. The van der Waals surface area contributed by atoms with Crippen LogP contribution in [-0.4, -0.2) is 28.1 Å². The highest BCUT2D eigenvalue weighted by atomic mass is 16.4. The van der Waals surface area contributed by atoms with Gasteiger partial charge in [0, 0.05) is 6.20 Å². The summed E-state index contributed by atoms with van der Waals surface area (Å²) >= 11 is 0. The number of pyridine rings is 1. The molecule has 0 unspecified atom stereocenters. The zero-order valence-corrected chi connectivity index (χ0v) is 8.10. The van der Waals surface area contributed by atoms with Gasteiger partial charge in [-0.1, -0.05) is 0 Å². The van der Waals surface area contributed by atoms with Crippen molar-refractivity contribution in [1.82, 2.24) is 10.3 Å². The summed E-state index contributed by atoms with van der Waals surface area (Å²) in [6.07, 6.45) is 3.04. The number of aliphatic carboxylic acids is 1. The van der Waals surface area contributed by atoms with Gasteiger partial charge in [0.15, 0.2) is 0 Å². The van der Waals surface area contributed by atoms with E-state index in [2.05, 4.69) is 15.6 Å². The first kappa shape index (κ1) is 11.0. The lowest BCUT2D eigenvalue weighted by Crippen LogP contribution is -2.40. The van der Waals surface area contributed by atoms with Crippen molar-refractivity contribution in [3.63, 3.8) is 0 Å². The van der Waals surface area contributed by atoms with E-state index in [1.54, 1.807) is 18.3 Å². The van der Waals surface area contributed by atoms with E-state index >= 15 is 0 Å². The molecule has 0 aliphatic heterocycles. The topological polar surface area (TPSA) is 91.3 Å². The third-order valence-corrected chi connectivity index (χ3v) is 1.64. The lowest BCUT2D eigenvalue weighted by Gasteiger charge is -2.10. The smallest absolute Gasteiger partial charge is 0.325 e. The summed E-state index contributed by atoms with van der Waals surface area (Å²) in [6, 6.07) is 1.81. The summed E-state index contributed by atoms with van der Waals surface area (Å²) in [5, 5.41) is 13.2. The van der Waals surface area contributed by atoms with Crippen LogP contribution in [0.15, 0.2) is 24.5 Å². The number of hydrogen-bond donors (Lipinski definition) is 3. The summed E-state index contributed by atoms with van der Waals surface area (Å²) in [7, 11) is 0. The van der Waals surface area contributed by atoms with Crippen LogP contribution < -0.4 is 10.6 Å². The van der Waals surface area contributed by atoms with E-state index in [9.17, 15) is 9.59 Å². The first-order valence-electron chi connectivity index (χ1n) is 4.30. The van der Waals surface area contributed by atoms with E-state index in [0.717, 1.165) is 0 Å². The molecule has 1 aromatic rings. The minimum atomic E-state index is -1.09. The van der Waals surface area contributed by atoms with Gasteiger partial charge in [-0.2, -0.15) is 0 Å². The Kier molecular flexibility index (Phi) is 3.61. The molecule has 6 nitrogen and oxygen atoms in total. The Hall–Kier alpha value is -2.11. The van der Waals surface area contributed by atoms with E-state index in [4.69, 9.17) is 5.11 Å². The fraction of sp³-hybridized carbons (Fsp3) is 0.222. The van der Waals surface area contributed by atoms with Crippen molar-refractivity contribution in [2.45, 2.75) is 13.0 Å². The Morgan fingerprint density at radius 1 is 1.53 bits per heavy atom. The van der Waals surface area contributed by atoms with Crippen molar-refractivity contribution in [3.05, 3.63) is 24.5 Å². The Bertz CT molecular complexity index is 353. The van der Waals surface area contributed by atoms with Crippen molar-refractivity contribution in [2.24, 2.45) is 0 Å². The van der Waals surface area contributed by atoms with Crippen LogP contribution in [0.3, 0.4) is 0 Å². The predicted molar refractivity (Wildman–Crippen MR) is 53.5 cm³/mol. The minimum absolute atomic E-state index is 0.507. The number of carboxylic acids is 1. The summed E-state index contributed by atoms with van der Waals surface area (Å²) < 4.78 is 0. The average molecular weight is 209 g/mol. The second kappa shape index (κ2) is 4.94. The molecule has 0 saturated carbocycles. The quantitative estimate of drug-likeness (QED) is 0.682. The van der Waals surface area contributed by atoms with Gasteiger partial charge in [-0.15, -0.1) is 0 Å². The maximum atomic E-state index is 11.2. The molecule has 0 bridgehead atoms. The zero-order valence-electron chi connectivity index (χ0n) is 8.10. The van der Waals surface area contributed by atoms with Crippen molar-refractivity contribution < 1.29 is 14.7 Å². The van der Waals surface area contributed by atoms with E-state index in [1.807, 2.05) is 0 Å². The summed E-state index contributed by atoms with van der Waals surface area (Å²) in [5.41, 5.74) is 0.507. The summed E-state index contributed by atoms with van der Waals surface area (Å²) in [5.74, 6) is -1.09. The molecule has 0 aliphatic rings. The predicted octanol–water partition coefficient (Wildman–Crippen LogP) is 0.676. The van der Waals surface area contributed by atoms with Crippen molar-refractivity contribution in [3.8, 4) is 0 Å². The molecule has 0 fully saturated rings. The van der Waals surface area contributed by atoms with Crippen molar-refractivity contribution in [1.29, 1.82) is 0 Å². The van der Waals surface area contributed by atoms with Crippen LogP contribution in [0.25, 0.3) is 0 Å². The molecule has 0 aliphatic carbocycles. The van der Waals surface area contributed by atoms with Crippen LogP contribution in [0, 0.1) is 0 Å². The van der Waals surface area contributed by atoms with Gasteiger partial charge in [0.25, 0.3) is 0 Å². The molecule has 3 N–H and O–H groups in total. The molecule has 1 aromatic heterocycles. The molecule has 80 valence electrons. The van der Waals surface area contributed by atoms with Crippen LogP contribution in [0.5, 0.6) is 0 Å². The Morgan fingerprint density at radius 3 is 2.80 bits per heavy atom. The van der Waals surface area contributed by atoms with Gasteiger partial charge in [0.1, 0.15) is 6.04 Å². The molecule has 6 heteroatoms. The summed E-state index contributed by atoms with van der Waals surface area (Å²) in [4.78, 5) is 25.4. The number of amides is 2. The highest BCUT2D eigenvalue weighted by Crippen LogP contribution is 2.01. The number of urea groups is 1. The molecular formula is C9H11N3O3. The molecule has 2 amide bonds. The van der Waals surface area contributed by atoms with Crippen molar-refractivity contribution >= 4 is 17.7 Å². The van der Waals surface area contributed by atoms with Gasteiger partial charge in [0.05, 0.1) is 11.9 Å². The van der Waals surface area contributed by atoms with Crippen LogP contribution in [0.1, 0.15) is 6.92 Å². The van der Waals surface area contributed by atoms with Gasteiger partial charge in [-0.05, 0) is 19.1 Å². The number of carbonyl (C=O) groups is 2. The molecule has 0 aromatic carbocycles. The number of nitrogens with one attached hydrogen (secondary N) is 2. The largest absolute Gasteiger partial charge is 0.480 e. The monoisotopic (exact) mass is 209 g/mol. The van der Waals surface area contributed by atoms with Crippen LogP contribution in [-0.2, 0) is 4.79 Å². The SMILES string of the molecule is C[C@H](NC(=O)Nc1cccnc1)C(=O)O. The number of rotatable bonds is 3. The number of carbonyl (C=O) groups excluding carboxylic acids is 1. The first-order valence-corrected chi connectivity index (χ1v) is 4.30. The van der Waals surface area contributed by atoms with Gasteiger partial charge in [0.2, 0.25) is 0 Å². The Labute approximate surface area is 86.3 Å². The maximum absolute atomic E-state index is 11.2. The molecular weight excluding hydrogens is 198 g/mol. The normalized spacial score (nSPS) is 11.5. The molecule has 15 heavy (non-hydrogen) atoms. The Balaban J connectivity index is 2.47. The maximum Gasteiger partial charge on any atom is 0.325 e. The molecule has 1 rings (SSSR count). The van der Waals surface area contributed by atoms with E-state index in [0.29, 0.717) is 5.69 Å². The van der Waals surface area contributed by atoms with E-state index in [1.165, 1.54) is 13.1 Å². The van der Waals surface area contributed by atoms with Crippen molar-refractivity contribution in [2.75, 3.05) is 5.32 Å². The lowest BCUT2D eigenvalue weighted by atomic mass is 10.3. The average Bonchev–Trinajstić information content (AvgIpc) is 2.18. The highest BCUT2D eigenvalue weighted by molar-refractivity contribution is 5.91. The molecule has 1 heterocycles. The third-order valence-electron chi connectivity index (χ3n) is 1.64. The number of hydrogen-bond acceptors (Lipinski definition) is 3. The minimum Gasteiger partial charge on any atom is -0.480 e. The Morgan fingerprint density at radius 2 is 2.27 bits per heavy atom. The number of aromatic nitrogens is 1. The fourth-order valence-electron chi connectivity index (χ4n) is 0.862. The number of anilines is 1. The molecule has 0 radical (unpaired) electrons. The van der Waals surface area contributed by atoms with Crippen LogP contribution in [0.4, 0.5) is 10.5 Å². The molecule has 0 spiro atoms. The van der Waals surface area contributed by atoms with E-state index < -0.39 is 18.0 Å². The highest BCUT2D eigenvalue weighted by Gasteiger charge is 2.13. The van der Waals surface area contributed by atoms with Gasteiger partial charge in [-0.25, -0.2) is 4.79 Å². The fourth-order valence-corrected chi connectivity index (χ4v) is 0.862. The number of nitrogens with zero attached hydrogens (tertiary/aromatic N) is 1. The van der Waals surface area contributed by atoms with Crippen LogP contribution >= 0.6 is 0 Å². The van der Waals surface area contributed by atoms with Gasteiger partial charge in [-0.3, -0.25) is 9.78 Å². The lowest BCUT2D eigenvalue weighted by molar-refractivity contribution is -0.138. The second-order valence-electron chi connectivity index (χ2n) is 2.90. The summed E-state index contributed by atoms with van der Waals surface area (Å²) in [6.45, 7) is 1.38. The third kappa shape index (κ3) is 3.63. The van der Waals surface area contributed by atoms with Crippen LogP contribution in [0.2, 0.25) is 0 Å². The molecule has 0 saturated heterocycles. The molecule has 1 atom stereocenters. The van der Waals surface area contributed by atoms with Gasteiger partial charge < -0.3 is 15.7 Å². The van der Waals surface area contributed by atoms with Gasteiger partial charge >= 0.3 is 12.0 Å².